The molecule has 0 saturated carbocycles. The maximum Gasteiger partial charge on any atom is 0.262 e. The lowest BCUT2D eigenvalue weighted by atomic mass is 10.2. The predicted molar refractivity (Wildman–Crippen MR) is 124 cm³/mol. The average Bonchev–Trinajstić information content (AvgIpc) is 3.18. The summed E-state index contributed by atoms with van der Waals surface area (Å²) >= 11 is 6.01. The third kappa shape index (κ3) is 4.81. The van der Waals surface area contributed by atoms with Gasteiger partial charge < -0.3 is 19.4 Å². The van der Waals surface area contributed by atoms with E-state index in [1.807, 2.05) is 50.2 Å². The first-order valence-corrected chi connectivity index (χ1v) is 10.1. The van der Waals surface area contributed by atoms with Crippen LogP contribution in [0.25, 0.3) is 22.6 Å². The van der Waals surface area contributed by atoms with Crippen LogP contribution in [0.15, 0.2) is 65.1 Å². The number of anilines is 2. The van der Waals surface area contributed by atoms with Crippen molar-refractivity contribution in [2.75, 3.05) is 30.9 Å². The lowest BCUT2D eigenvalue weighted by Gasteiger charge is -2.11. The van der Waals surface area contributed by atoms with Crippen molar-refractivity contribution in [3.05, 3.63) is 71.2 Å². The number of oxazole rings is 1. The van der Waals surface area contributed by atoms with Gasteiger partial charge in [-0.05, 0) is 73.2 Å². The molecule has 7 heteroatoms. The van der Waals surface area contributed by atoms with Gasteiger partial charge in [0.05, 0.1) is 0 Å². The van der Waals surface area contributed by atoms with E-state index in [-0.39, 0.29) is 12.5 Å². The Kier molecular flexibility index (Phi) is 5.82. The van der Waals surface area contributed by atoms with Gasteiger partial charge in [0.2, 0.25) is 5.89 Å². The number of carbonyl (C=O) groups is 1. The highest BCUT2D eigenvalue weighted by atomic mass is 35.5. The number of carbonyl (C=O) groups excluding carboxylic acids is 1. The van der Waals surface area contributed by atoms with Gasteiger partial charge in [0, 0.05) is 36.1 Å². The minimum Gasteiger partial charge on any atom is -0.484 e. The van der Waals surface area contributed by atoms with E-state index in [0.717, 1.165) is 16.8 Å². The molecule has 1 N–H and O–H groups in total. The molecular weight excluding hydrogens is 414 g/mol. The SMILES string of the molecule is Cc1cc(OCC(=O)Nc2ccc3oc(-c4ccc(N(C)C)cc4)nc3c2)ccc1Cl. The Labute approximate surface area is 185 Å². The third-order valence-electron chi connectivity index (χ3n) is 4.80. The molecule has 4 rings (SSSR count). The Morgan fingerprint density at radius 2 is 1.87 bits per heavy atom. The molecule has 31 heavy (non-hydrogen) atoms. The Hall–Kier alpha value is -3.51. The molecule has 1 aromatic heterocycles. The second-order valence-electron chi connectivity index (χ2n) is 7.39. The van der Waals surface area contributed by atoms with Crippen LogP contribution in [0.1, 0.15) is 5.56 Å². The van der Waals surface area contributed by atoms with Crippen LogP contribution in [0.3, 0.4) is 0 Å². The van der Waals surface area contributed by atoms with Crippen molar-refractivity contribution in [1.29, 1.82) is 0 Å². The largest absolute Gasteiger partial charge is 0.484 e. The second-order valence-corrected chi connectivity index (χ2v) is 7.80. The summed E-state index contributed by atoms with van der Waals surface area (Å²) in [7, 11) is 3.98. The lowest BCUT2D eigenvalue weighted by molar-refractivity contribution is -0.118. The van der Waals surface area contributed by atoms with Crippen LogP contribution in [0.5, 0.6) is 5.75 Å². The van der Waals surface area contributed by atoms with Gasteiger partial charge in [0.1, 0.15) is 11.3 Å². The Bertz CT molecular complexity index is 1230. The molecule has 0 aliphatic heterocycles. The third-order valence-corrected chi connectivity index (χ3v) is 5.23. The molecule has 0 unspecified atom stereocenters. The zero-order valence-electron chi connectivity index (χ0n) is 17.5. The van der Waals surface area contributed by atoms with E-state index in [1.165, 1.54) is 0 Å². The second kappa shape index (κ2) is 8.70. The Balaban J connectivity index is 1.43. The first kappa shape index (κ1) is 20.8. The van der Waals surface area contributed by atoms with Crippen molar-refractivity contribution in [3.8, 4) is 17.2 Å². The molecule has 3 aromatic carbocycles. The summed E-state index contributed by atoms with van der Waals surface area (Å²) in [5, 5.41) is 3.48. The number of nitrogens with zero attached hydrogens (tertiary/aromatic N) is 2. The van der Waals surface area contributed by atoms with Crippen molar-refractivity contribution >= 4 is 40.0 Å². The van der Waals surface area contributed by atoms with Gasteiger partial charge in [-0.3, -0.25) is 4.79 Å². The number of amides is 1. The van der Waals surface area contributed by atoms with Gasteiger partial charge >= 0.3 is 0 Å². The molecule has 0 bridgehead atoms. The van der Waals surface area contributed by atoms with E-state index in [1.54, 1.807) is 36.4 Å². The Morgan fingerprint density at radius 1 is 1.10 bits per heavy atom. The number of aromatic nitrogens is 1. The topological polar surface area (TPSA) is 67.6 Å². The molecule has 1 amide bonds. The lowest BCUT2D eigenvalue weighted by Crippen LogP contribution is -2.20. The molecule has 1 heterocycles. The molecule has 6 nitrogen and oxygen atoms in total. The van der Waals surface area contributed by atoms with E-state index in [9.17, 15) is 4.79 Å². The van der Waals surface area contributed by atoms with Crippen molar-refractivity contribution in [2.45, 2.75) is 6.92 Å². The summed E-state index contributed by atoms with van der Waals surface area (Å²) in [5.74, 6) is 0.856. The number of ether oxygens (including phenoxy) is 1. The summed E-state index contributed by atoms with van der Waals surface area (Å²) in [6.45, 7) is 1.77. The standard InChI is InChI=1S/C24H22ClN3O3/c1-15-12-19(9-10-20(15)25)30-14-23(29)26-17-6-11-22-21(13-17)27-24(31-22)16-4-7-18(8-5-16)28(2)3/h4-13H,14H2,1-3H3,(H,26,29). The van der Waals surface area contributed by atoms with Gasteiger partial charge in [-0.15, -0.1) is 0 Å². The maximum atomic E-state index is 12.3. The zero-order valence-corrected chi connectivity index (χ0v) is 18.2. The van der Waals surface area contributed by atoms with Crippen LogP contribution in [0, 0.1) is 6.92 Å². The molecule has 0 aliphatic carbocycles. The number of hydrogen-bond donors (Lipinski definition) is 1. The molecule has 0 saturated heterocycles. The summed E-state index contributed by atoms with van der Waals surface area (Å²) in [6.07, 6.45) is 0. The maximum absolute atomic E-state index is 12.3. The first-order valence-electron chi connectivity index (χ1n) is 9.76. The van der Waals surface area contributed by atoms with Crippen LogP contribution in [0.2, 0.25) is 5.02 Å². The number of rotatable bonds is 6. The summed E-state index contributed by atoms with van der Waals surface area (Å²) in [4.78, 5) is 18.9. The molecule has 158 valence electrons. The minimum absolute atomic E-state index is 0.110. The predicted octanol–water partition coefficient (Wildman–Crippen LogP) is 5.54. The number of nitrogens with one attached hydrogen (secondary N) is 1. The highest BCUT2D eigenvalue weighted by molar-refractivity contribution is 6.31. The smallest absolute Gasteiger partial charge is 0.262 e. The first-order chi connectivity index (χ1) is 14.9. The normalized spacial score (nSPS) is 10.8. The fourth-order valence-electron chi connectivity index (χ4n) is 3.08. The van der Waals surface area contributed by atoms with Crippen molar-refractivity contribution in [1.82, 2.24) is 4.98 Å². The number of fused-ring (bicyclic) bond motifs is 1. The van der Waals surface area contributed by atoms with Gasteiger partial charge in [-0.25, -0.2) is 4.98 Å². The molecule has 0 radical (unpaired) electrons. The molecule has 0 fully saturated rings. The van der Waals surface area contributed by atoms with Crippen molar-refractivity contribution in [3.63, 3.8) is 0 Å². The van der Waals surface area contributed by atoms with E-state index >= 15 is 0 Å². The summed E-state index contributed by atoms with van der Waals surface area (Å²) in [6, 6.07) is 18.6. The van der Waals surface area contributed by atoms with Crippen LogP contribution in [-0.4, -0.2) is 31.6 Å². The minimum atomic E-state index is -0.269. The van der Waals surface area contributed by atoms with E-state index in [0.29, 0.717) is 33.4 Å². The number of aryl methyl sites for hydroxylation is 1. The van der Waals surface area contributed by atoms with E-state index in [2.05, 4.69) is 10.3 Å². The molecular formula is C24H22ClN3O3. The van der Waals surface area contributed by atoms with Gasteiger partial charge in [0.25, 0.3) is 5.91 Å². The van der Waals surface area contributed by atoms with Crippen LogP contribution < -0.4 is 15.0 Å². The number of halogens is 1. The van der Waals surface area contributed by atoms with Gasteiger partial charge in [-0.1, -0.05) is 11.6 Å². The zero-order chi connectivity index (χ0) is 22.0. The van der Waals surface area contributed by atoms with E-state index < -0.39 is 0 Å². The van der Waals surface area contributed by atoms with Gasteiger partial charge in [-0.2, -0.15) is 0 Å². The fraction of sp³-hybridized carbons (Fsp3) is 0.167. The molecule has 0 aliphatic rings. The van der Waals surface area contributed by atoms with Crippen LogP contribution in [-0.2, 0) is 4.79 Å². The molecule has 0 atom stereocenters. The van der Waals surface area contributed by atoms with E-state index in [4.69, 9.17) is 20.8 Å². The molecule has 0 spiro atoms. The molecule has 4 aromatic rings. The summed E-state index contributed by atoms with van der Waals surface area (Å²) < 4.78 is 11.4. The highest BCUT2D eigenvalue weighted by Crippen LogP contribution is 2.27. The van der Waals surface area contributed by atoms with Crippen molar-refractivity contribution in [2.24, 2.45) is 0 Å². The summed E-state index contributed by atoms with van der Waals surface area (Å²) in [5.41, 5.74) is 4.82. The van der Waals surface area contributed by atoms with Crippen molar-refractivity contribution < 1.29 is 13.9 Å². The van der Waals surface area contributed by atoms with Crippen LogP contribution in [0.4, 0.5) is 11.4 Å². The average molecular weight is 436 g/mol. The number of hydrogen-bond acceptors (Lipinski definition) is 5. The quantitative estimate of drug-likeness (QED) is 0.430. The van der Waals surface area contributed by atoms with Crippen LogP contribution >= 0.6 is 11.6 Å². The Morgan fingerprint density at radius 3 is 2.58 bits per heavy atom. The highest BCUT2D eigenvalue weighted by Gasteiger charge is 2.11. The van der Waals surface area contributed by atoms with Gasteiger partial charge in [0.15, 0.2) is 12.2 Å². The monoisotopic (exact) mass is 435 g/mol. The fourth-order valence-corrected chi connectivity index (χ4v) is 3.20. The number of benzene rings is 3.